The molecule has 0 N–H and O–H groups in total. The van der Waals surface area contributed by atoms with Crippen LogP contribution < -0.4 is 29.6 Å². The molecule has 0 saturated carbocycles. The first kappa shape index (κ1) is 13.3. The van der Waals surface area contributed by atoms with Gasteiger partial charge in [-0.05, 0) is 12.8 Å². The zero-order valence-corrected chi connectivity index (χ0v) is 9.39. The second-order valence-electron chi connectivity index (χ2n) is 2.45. The van der Waals surface area contributed by atoms with Gasteiger partial charge in [-0.15, -0.1) is 0 Å². The predicted octanol–water partition coefficient (Wildman–Crippen LogP) is -0.482. The molecule has 0 heterocycles. The number of unbranched alkanes of at least 4 members (excludes halogenated alkanes) is 1. The van der Waals surface area contributed by atoms with Gasteiger partial charge in [-0.25, -0.2) is 0 Å². The molecule has 1 unspecified atom stereocenters. The average molecular weight is 152 g/mol. The molecule has 0 aliphatic rings. The van der Waals surface area contributed by atoms with Crippen molar-refractivity contribution in [3.8, 4) is 0 Å². The molecule has 56 valence electrons. The molecule has 0 aromatic rings. The van der Waals surface area contributed by atoms with E-state index in [-0.39, 0.29) is 31.0 Å². The van der Waals surface area contributed by atoms with Gasteiger partial charge in [0.25, 0.3) is 0 Å². The fourth-order valence-electron chi connectivity index (χ4n) is 0.835. The van der Waals surface area contributed by atoms with Crippen LogP contribution in [0.4, 0.5) is 0 Å². The predicted molar refractivity (Wildman–Crippen MR) is 40.5 cm³/mol. The first-order chi connectivity index (χ1) is 4.35. The summed E-state index contributed by atoms with van der Waals surface area (Å²) >= 11 is 0. The van der Waals surface area contributed by atoms with Gasteiger partial charge in [0.05, 0.1) is 0 Å². The molecule has 0 fully saturated rings. The molecular formula is C8H17NaO. The van der Waals surface area contributed by atoms with Crippen molar-refractivity contribution in [1.29, 1.82) is 0 Å². The van der Waals surface area contributed by atoms with E-state index in [1.807, 2.05) is 0 Å². The summed E-state index contributed by atoms with van der Waals surface area (Å²) in [6.45, 7) is 4.21. The maximum absolute atomic E-state index is 10.2. The Balaban J connectivity index is -0.000000320. The molecule has 0 radical (unpaired) electrons. The van der Waals surface area contributed by atoms with Crippen molar-refractivity contribution < 1.29 is 35.8 Å². The Morgan fingerprint density at radius 1 is 1.50 bits per heavy atom. The molecule has 2 heteroatoms. The van der Waals surface area contributed by atoms with E-state index >= 15 is 0 Å². The molecule has 0 aliphatic heterocycles. The van der Waals surface area contributed by atoms with Crippen LogP contribution in [0.3, 0.4) is 0 Å². The van der Waals surface area contributed by atoms with E-state index in [1.165, 1.54) is 12.8 Å². The zero-order chi connectivity index (χ0) is 7.11. The van der Waals surface area contributed by atoms with E-state index in [2.05, 4.69) is 13.8 Å². The smallest absolute Gasteiger partial charge is 1.00 e. The molecule has 0 aliphatic carbocycles. The third-order valence-electron chi connectivity index (χ3n) is 1.65. The van der Waals surface area contributed by atoms with Gasteiger partial charge >= 0.3 is 29.6 Å². The molecule has 0 spiro atoms. The fraction of sp³-hybridized carbons (Fsp3) is 0.875. The van der Waals surface area contributed by atoms with Crippen LogP contribution in [-0.2, 0) is 4.79 Å². The monoisotopic (exact) mass is 152 g/mol. The SMILES string of the molecule is CCCCC(C=O)CC.[H-].[Na+]. The summed E-state index contributed by atoms with van der Waals surface area (Å²) in [7, 11) is 0. The van der Waals surface area contributed by atoms with Crippen molar-refractivity contribution in [2.45, 2.75) is 39.5 Å². The Kier molecular flexibility index (Phi) is 12.8. The number of hydrogen-bond donors (Lipinski definition) is 0. The van der Waals surface area contributed by atoms with Gasteiger partial charge < -0.3 is 6.22 Å². The molecule has 0 amide bonds. The van der Waals surface area contributed by atoms with Crippen molar-refractivity contribution in [2.24, 2.45) is 5.92 Å². The van der Waals surface area contributed by atoms with Crippen LogP contribution in [0.5, 0.6) is 0 Å². The number of rotatable bonds is 5. The number of carbonyl (C=O) groups excluding carboxylic acids is 1. The van der Waals surface area contributed by atoms with E-state index in [9.17, 15) is 4.79 Å². The summed E-state index contributed by atoms with van der Waals surface area (Å²) in [4.78, 5) is 10.2. The third kappa shape index (κ3) is 6.79. The van der Waals surface area contributed by atoms with E-state index < -0.39 is 0 Å². The van der Waals surface area contributed by atoms with Crippen molar-refractivity contribution in [2.75, 3.05) is 0 Å². The second kappa shape index (κ2) is 9.67. The number of carbonyl (C=O) groups is 1. The van der Waals surface area contributed by atoms with Crippen LogP contribution in [0, 0.1) is 5.92 Å². The Labute approximate surface area is 87.4 Å². The topological polar surface area (TPSA) is 17.1 Å². The number of aldehydes is 1. The molecule has 0 bridgehead atoms. The van der Waals surface area contributed by atoms with Crippen LogP contribution in [0.2, 0.25) is 0 Å². The Bertz CT molecular complexity index is 78.5. The molecule has 0 saturated heterocycles. The molecule has 1 nitrogen and oxygen atoms in total. The minimum Gasteiger partial charge on any atom is -1.00 e. The van der Waals surface area contributed by atoms with E-state index in [4.69, 9.17) is 0 Å². The standard InChI is InChI=1S/C8H16O.Na.H/c1-3-5-6-8(4-2)7-9;;/h7-8H,3-6H2,1-2H3;;/q;+1;-1. The van der Waals surface area contributed by atoms with E-state index in [0.717, 1.165) is 19.1 Å². The third-order valence-corrected chi connectivity index (χ3v) is 1.65. The Hall–Kier alpha value is 0.670. The summed E-state index contributed by atoms with van der Waals surface area (Å²) < 4.78 is 0. The van der Waals surface area contributed by atoms with Crippen molar-refractivity contribution in [1.82, 2.24) is 0 Å². The minimum absolute atomic E-state index is 0. The van der Waals surface area contributed by atoms with Crippen molar-refractivity contribution in [3.05, 3.63) is 0 Å². The first-order valence-electron chi connectivity index (χ1n) is 3.80. The quantitative estimate of drug-likeness (QED) is 0.384. The van der Waals surface area contributed by atoms with Crippen molar-refractivity contribution >= 4 is 6.29 Å². The second-order valence-corrected chi connectivity index (χ2v) is 2.45. The van der Waals surface area contributed by atoms with E-state index in [1.54, 1.807) is 0 Å². The van der Waals surface area contributed by atoms with Crippen LogP contribution in [0.1, 0.15) is 41.0 Å². The normalized spacial score (nSPS) is 11.8. The Morgan fingerprint density at radius 2 is 2.10 bits per heavy atom. The largest absolute Gasteiger partial charge is 1.00 e. The van der Waals surface area contributed by atoms with Crippen LogP contribution in [-0.4, -0.2) is 6.29 Å². The van der Waals surface area contributed by atoms with Gasteiger partial charge in [-0.2, -0.15) is 0 Å². The van der Waals surface area contributed by atoms with Gasteiger partial charge in [-0.3, -0.25) is 0 Å². The molecular weight excluding hydrogens is 135 g/mol. The first-order valence-corrected chi connectivity index (χ1v) is 3.80. The summed E-state index contributed by atoms with van der Waals surface area (Å²) in [5, 5.41) is 0. The maximum atomic E-state index is 10.2. The summed E-state index contributed by atoms with van der Waals surface area (Å²) in [5.41, 5.74) is 0. The minimum atomic E-state index is 0. The van der Waals surface area contributed by atoms with E-state index in [0.29, 0.717) is 5.92 Å². The zero-order valence-electron chi connectivity index (χ0n) is 8.39. The average Bonchev–Trinajstić information content (AvgIpc) is 1.91. The van der Waals surface area contributed by atoms with Crippen molar-refractivity contribution in [3.63, 3.8) is 0 Å². The molecule has 0 rings (SSSR count). The summed E-state index contributed by atoms with van der Waals surface area (Å²) in [6.07, 6.45) is 5.55. The maximum Gasteiger partial charge on any atom is 1.00 e. The molecule has 1 atom stereocenters. The van der Waals surface area contributed by atoms with Crippen LogP contribution >= 0.6 is 0 Å². The van der Waals surface area contributed by atoms with Gasteiger partial charge in [0.2, 0.25) is 0 Å². The van der Waals surface area contributed by atoms with Gasteiger partial charge in [-0.1, -0.05) is 26.7 Å². The van der Waals surface area contributed by atoms with Crippen LogP contribution in [0.25, 0.3) is 0 Å². The number of hydrogen-bond acceptors (Lipinski definition) is 1. The molecule has 0 aromatic carbocycles. The fourth-order valence-corrected chi connectivity index (χ4v) is 0.835. The summed E-state index contributed by atoms with van der Waals surface area (Å²) in [6, 6.07) is 0. The van der Waals surface area contributed by atoms with Crippen LogP contribution in [0.15, 0.2) is 0 Å². The Morgan fingerprint density at radius 3 is 2.40 bits per heavy atom. The van der Waals surface area contributed by atoms with Gasteiger partial charge in [0, 0.05) is 5.92 Å². The van der Waals surface area contributed by atoms with Gasteiger partial charge in [0.15, 0.2) is 0 Å². The summed E-state index contributed by atoms with van der Waals surface area (Å²) in [5.74, 6) is 0.324. The van der Waals surface area contributed by atoms with Gasteiger partial charge in [0.1, 0.15) is 6.29 Å². The molecule has 10 heavy (non-hydrogen) atoms. The molecule has 0 aromatic heterocycles.